The maximum absolute atomic E-state index is 12.7. The lowest BCUT2D eigenvalue weighted by molar-refractivity contribution is 0.0592. The first-order valence-electron chi connectivity index (χ1n) is 8.16. The van der Waals surface area contributed by atoms with E-state index in [2.05, 4.69) is 26.3 Å². The van der Waals surface area contributed by atoms with Crippen LogP contribution in [0, 0.1) is 0 Å². The summed E-state index contributed by atoms with van der Waals surface area (Å²) < 4.78 is 6.30. The highest BCUT2D eigenvalue weighted by Gasteiger charge is 2.25. The lowest BCUT2D eigenvalue weighted by atomic mass is 10.2. The second-order valence-corrected chi connectivity index (χ2v) is 6.96. The van der Waals surface area contributed by atoms with Crippen molar-refractivity contribution in [1.82, 2.24) is 9.78 Å². The number of nitrogens with two attached hydrogens (primary N) is 1. The Bertz CT molecular complexity index is 1110. The van der Waals surface area contributed by atoms with E-state index in [9.17, 15) is 14.4 Å². The average molecular weight is 478 g/mol. The Morgan fingerprint density at radius 1 is 1.14 bits per heavy atom. The van der Waals surface area contributed by atoms with Crippen molar-refractivity contribution in [2.45, 2.75) is 0 Å². The number of methoxy groups -OCH3 is 1. The van der Waals surface area contributed by atoms with Crippen molar-refractivity contribution >= 4 is 51.1 Å². The van der Waals surface area contributed by atoms with Gasteiger partial charge in [-0.2, -0.15) is 5.10 Å². The molecule has 3 rings (SSSR count). The van der Waals surface area contributed by atoms with E-state index in [1.165, 1.54) is 23.9 Å². The Morgan fingerprint density at radius 2 is 1.79 bits per heavy atom. The summed E-state index contributed by atoms with van der Waals surface area (Å²) in [6.45, 7) is 0. The van der Waals surface area contributed by atoms with E-state index < -0.39 is 17.8 Å². The van der Waals surface area contributed by atoms with Crippen LogP contribution >= 0.6 is 27.5 Å². The summed E-state index contributed by atoms with van der Waals surface area (Å²) in [6, 6.07) is 12.7. The summed E-state index contributed by atoms with van der Waals surface area (Å²) in [7, 11) is 1.22. The molecule has 10 heteroatoms. The molecule has 0 unspecified atom stereocenters. The fourth-order valence-electron chi connectivity index (χ4n) is 2.51. The van der Waals surface area contributed by atoms with E-state index in [0.29, 0.717) is 11.3 Å². The summed E-state index contributed by atoms with van der Waals surface area (Å²) in [4.78, 5) is 36.1. The lowest BCUT2D eigenvalue weighted by Gasteiger charge is -2.10. The van der Waals surface area contributed by atoms with Crippen LogP contribution < -0.4 is 11.1 Å². The third-order valence-corrected chi connectivity index (χ3v) is 5.03. The van der Waals surface area contributed by atoms with Crippen LogP contribution in [0.2, 0.25) is 5.02 Å². The summed E-state index contributed by atoms with van der Waals surface area (Å²) in [5.41, 5.74) is 6.24. The quantitative estimate of drug-likeness (QED) is 0.546. The maximum atomic E-state index is 12.7. The summed E-state index contributed by atoms with van der Waals surface area (Å²) in [5.74, 6) is -1.59. The van der Waals surface area contributed by atoms with Crippen molar-refractivity contribution in [1.29, 1.82) is 0 Å². The van der Waals surface area contributed by atoms with Crippen LogP contribution in [0.4, 0.5) is 5.82 Å². The first-order valence-corrected chi connectivity index (χ1v) is 9.33. The van der Waals surface area contributed by atoms with Gasteiger partial charge in [0.25, 0.3) is 5.91 Å². The third kappa shape index (κ3) is 4.15. The van der Waals surface area contributed by atoms with Gasteiger partial charge < -0.3 is 15.8 Å². The van der Waals surface area contributed by atoms with E-state index in [0.717, 1.165) is 0 Å². The van der Waals surface area contributed by atoms with Crippen molar-refractivity contribution in [3.63, 3.8) is 0 Å². The number of carbonyl (C=O) groups excluding carboxylic acids is 3. The average Bonchev–Trinajstić information content (AvgIpc) is 3.04. The molecule has 0 saturated heterocycles. The SMILES string of the molecule is COC(=O)c1nn(-c2ccc(C(N)=O)cc2)c(NC(=O)c2ccccc2Cl)c1Br. The number of esters is 1. The monoisotopic (exact) mass is 476 g/mol. The molecule has 0 fully saturated rings. The molecule has 0 aliphatic heterocycles. The Labute approximate surface area is 178 Å². The van der Waals surface area contributed by atoms with Crippen LogP contribution in [0.5, 0.6) is 0 Å². The molecule has 1 heterocycles. The van der Waals surface area contributed by atoms with Crippen LogP contribution in [0.1, 0.15) is 31.2 Å². The van der Waals surface area contributed by atoms with Crippen molar-refractivity contribution in [3.8, 4) is 5.69 Å². The molecule has 0 saturated carbocycles. The van der Waals surface area contributed by atoms with Gasteiger partial charge in [-0.1, -0.05) is 23.7 Å². The zero-order valence-electron chi connectivity index (χ0n) is 15.0. The standard InChI is InChI=1S/C19H14BrClN4O4/c1-29-19(28)15-14(20)17(23-18(27)12-4-2-3-5-13(12)21)25(24-15)11-8-6-10(7-9-11)16(22)26/h2-9H,1H3,(H2,22,26)(H,23,27). The first kappa shape index (κ1) is 20.6. The molecular formula is C19H14BrClN4O4. The maximum Gasteiger partial charge on any atom is 0.359 e. The fraction of sp³-hybridized carbons (Fsp3) is 0.0526. The second kappa shape index (κ2) is 8.46. The second-order valence-electron chi connectivity index (χ2n) is 5.76. The highest BCUT2D eigenvalue weighted by atomic mass is 79.9. The van der Waals surface area contributed by atoms with Crippen molar-refractivity contribution < 1.29 is 19.1 Å². The topological polar surface area (TPSA) is 116 Å². The van der Waals surface area contributed by atoms with E-state index in [1.807, 2.05) is 0 Å². The summed E-state index contributed by atoms with van der Waals surface area (Å²) in [6.07, 6.45) is 0. The van der Waals surface area contributed by atoms with Gasteiger partial charge in [0.05, 0.1) is 27.9 Å². The molecule has 0 bridgehead atoms. The van der Waals surface area contributed by atoms with Gasteiger partial charge in [0, 0.05) is 5.56 Å². The van der Waals surface area contributed by atoms with E-state index in [4.69, 9.17) is 22.1 Å². The third-order valence-electron chi connectivity index (χ3n) is 3.95. The van der Waals surface area contributed by atoms with Gasteiger partial charge in [-0.25, -0.2) is 9.48 Å². The molecule has 1 aromatic heterocycles. The molecule has 29 heavy (non-hydrogen) atoms. The number of hydrogen-bond donors (Lipinski definition) is 2. The molecule has 0 aliphatic carbocycles. The Kier molecular flexibility index (Phi) is 6.00. The number of nitrogens with one attached hydrogen (secondary N) is 1. The predicted octanol–water partition coefficient (Wildman–Crippen LogP) is 3.43. The molecule has 8 nitrogen and oxygen atoms in total. The van der Waals surface area contributed by atoms with Crippen LogP contribution in [-0.4, -0.2) is 34.7 Å². The van der Waals surface area contributed by atoms with Gasteiger partial charge in [0.15, 0.2) is 11.5 Å². The van der Waals surface area contributed by atoms with E-state index >= 15 is 0 Å². The van der Waals surface area contributed by atoms with Crippen molar-refractivity contribution in [3.05, 3.63) is 74.8 Å². The summed E-state index contributed by atoms with van der Waals surface area (Å²) in [5, 5.41) is 7.20. The van der Waals surface area contributed by atoms with Crippen molar-refractivity contribution in [2.75, 3.05) is 12.4 Å². The van der Waals surface area contributed by atoms with E-state index in [1.54, 1.807) is 36.4 Å². The molecule has 3 N–H and O–H groups in total. The normalized spacial score (nSPS) is 10.4. The van der Waals surface area contributed by atoms with Gasteiger partial charge >= 0.3 is 5.97 Å². The number of nitrogens with zero attached hydrogens (tertiary/aromatic N) is 2. The van der Waals surface area contributed by atoms with Crippen molar-refractivity contribution in [2.24, 2.45) is 5.73 Å². The number of benzene rings is 2. The van der Waals surface area contributed by atoms with Gasteiger partial charge in [0.1, 0.15) is 0 Å². The number of ether oxygens (including phenoxy) is 1. The van der Waals surface area contributed by atoms with Crippen LogP contribution in [0.3, 0.4) is 0 Å². The zero-order valence-corrected chi connectivity index (χ0v) is 17.3. The Morgan fingerprint density at radius 3 is 2.38 bits per heavy atom. The Balaban J connectivity index is 2.08. The van der Waals surface area contributed by atoms with Gasteiger partial charge in [0.2, 0.25) is 5.91 Å². The minimum absolute atomic E-state index is 0.0408. The number of aromatic nitrogens is 2. The predicted molar refractivity (Wildman–Crippen MR) is 111 cm³/mol. The molecule has 0 spiro atoms. The van der Waals surface area contributed by atoms with Crippen LogP contribution in [0.15, 0.2) is 53.0 Å². The molecule has 148 valence electrons. The number of hydrogen-bond acceptors (Lipinski definition) is 5. The largest absolute Gasteiger partial charge is 0.464 e. The number of primary amides is 1. The molecule has 0 atom stereocenters. The first-order chi connectivity index (χ1) is 13.8. The van der Waals surface area contributed by atoms with Gasteiger partial charge in [-0.15, -0.1) is 0 Å². The molecule has 0 radical (unpaired) electrons. The van der Waals surface area contributed by atoms with Gasteiger partial charge in [-0.05, 0) is 52.3 Å². The fourth-order valence-corrected chi connectivity index (χ4v) is 3.24. The van der Waals surface area contributed by atoms with E-state index in [-0.39, 0.29) is 26.6 Å². The number of anilines is 1. The summed E-state index contributed by atoms with van der Waals surface area (Å²) >= 11 is 9.39. The molecule has 0 aliphatic rings. The molecule has 2 amide bonds. The smallest absolute Gasteiger partial charge is 0.359 e. The van der Waals surface area contributed by atoms with Crippen LogP contribution in [0.25, 0.3) is 5.69 Å². The number of amides is 2. The minimum Gasteiger partial charge on any atom is -0.464 e. The number of halogens is 2. The number of carbonyl (C=O) groups is 3. The highest BCUT2D eigenvalue weighted by Crippen LogP contribution is 2.31. The highest BCUT2D eigenvalue weighted by molar-refractivity contribution is 9.10. The minimum atomic E-state index is -0.697. The molecule has 2 aromatic carbocycles. The number of rotatable bonds is 5. The zero-order chi connectivity index (χ0) is 21.1. The Hall–Kier alpha value is -3.17. The van der Waals surface area contributed by atoms with Gasteiger partial charge in [-0.3, -0.25) is 9.59 Å². The molecule has 3 aromatic rings. The van der Waals surface area contributed by atoms with Crippen LogP contribution in [-0.2, 0) is 4.74 Å². The lowest BCUT2D eigenvalue weighted by Crippen LogP contribution is -2.16. The molecular weight excluding hydrogens is 464 g/mol.